The maximum atomic E-state index is 13.1. The zero-order valence-electron chi connectivity index (χ0n) is 20.1. The first kappa shape index (κ1) is 24.7. The first-order valence-electron chi connectivity index (χ1n) is 11.5. The molecular weight excluding hydrogens is 470 g/mol. The van der Waals surface area contributed by atoms with Gasteiger partial charge in [0.2, 0.25) is 10.0 Å². The van der Waals surface area contributed by atoms with Crippen LogP contribution in [0.2, 0.25) is 0 Å². The van der Waals surface area contributed by atoms with Crippen molar-refractivity contribution < 1.29 is 22.8 Å². The molecule has 1 fully saturated rings. The van der Waals surface area contributed by atoms with Gasteiger partial charge in [-0.1, -0.05) is 6.07 Å². The second-order valence-corrected chi connectivity index (χ2v) is 11.3. The Balaban J connectivity index is 1.38. The van der Waals surface area contributed by atoms with Crippen LogP contribution >= 0.6 is 11.3 Å². The second-order valence-electron chi connectivity index (χ2n) is 8.52. The fourth-order valence-electron chi connectivity index (χ4n) is 4.10. The minimum Gasteiger partial charge on any atom is -0.493 e. The first-order valence-corrected chi connectivity index (χ1v) is 13.8. The lowest BCUT2D eigenvalue weighted by atomic mass is 10.1. The Kier molecular flexibility index (Phi) is 7.57. The van der Waals surface area contributed by atoms with E-state index in [1.165, 1.54) is 4.90 Å². The summed E-state index contributed by atoms with van der Waals surface area (Å²) < 4.78 is 38.8. The monoisotopic (exact) mass is 502 g/mol. The summed E-state index contributed by atoms with van der Waals surface area (Å²) in [4.78, 5) is 6.55. The molecule has 1 aliphatic heterocycles. The molecule has 1 aromatic heterocycles. The van der Waals surface area contributed by atoms with Crippen molar-refractivity contribution in [1.29, 1.82) is 0 Å². The van der Waals surface area contributed by atoms with Crippen LogP contribution in [-0.2, 0) is 16.6 Å². The third-order valence-electron chi connectivity index (χ3n) is 6.24. The molecule has 1 saturated heterocycles. The molecule has 1 aliphatic rings. The summed E-state index contributed by atoms with van der Waals surface area (Å²) in [5.41, 5.74) is 4.11. The molecule has 2 heterocycles. The molecule has 2 aromatic carbocycles. The van der Waals surface area contributed by atoms with Gasteiger partial charge < -0.3 is 14.4 Å². The lowest BCUT2D eigenvalue weighted by molar-refractivity contribution is -0.917. The third kappa shape index (κ3) is 5.27. The van der Waals surface area contributed by atoms with Crippen molar-refractivity contribution in [3.05, 3.63) is 58.6 Å². The molecule has 182 valence electrons. The van der Waals surface area contributed by atoms with Gasteiger partial charge in [0.15, 0.2) is 11.5 Å². The average molecular weight is 503 g/mol. The van der Waals surface area contributed by atoms with E-state index in [2.05, 4.69) is 5.38 Å². The minimum absolute atomic E-state index is 0.383. The van der Waals surface area contributed by atoms with Gasteiger partial charge in [-0.15, -0.1) is 11.3 Å². The quantitative estimate of drug-likeness (QED) is 0.513. The molecule has 3 aromatic rings. The molecule has 1 N–H and O–H groups in total. The molecule has 9 heteroatoms. The highest BCUT2D eigenvalue weighted by molar-refractivity contribution is 7.89. The Hall–Kier alpha value is -2.46. The number of ether oxygens (including phenoxy) is 2. The van der Waals surface area contributed by atoms with E-state index in [1.54, 1.807) is 34.9 Å². The molecule has 7 nitrogen and oxygen atoms in total. The zero-order chi connectivity index (χ0) is 24.3. The molecule has 4 rings (SSSR count). The maximum Gasteiger partial charge on any atom is 0.243 e. The number of piperazine rings is 1. The SMILES string of the molecule is CCOc1ccc(-c2nc(C[NH+]3CCN(S(=O)(=O)c4ccc(C)c(C)c4)CC3)cs2)cc1OC. The highest BCUT2D eigenvalue weighted by Gasteiger charge is 2.31. The fraction of sp³-hybridized carbons (Fsp3) is 0.400. The van der Waals surface area contributed by atoms with Gasteiger partial charge in [-0.3, -0.25) is 0 Å². The van der Waals surface area contributed by atoms with Crippen LogP contribution < -0.4 is 14.4 Å². The fourth-order valence-corrected chi connectivity index (χ4v) is 6.44. The Morgan fingerprint density at radius 3 is 2.50 bits per heavy atom. The number of rotatable bonds is 8. The number of hydrogen-bond acceptors (Lipinski definition) is 6. The number of hydrogen-bond donors (Lipinski definition) is 1. The summed E-state index contributed by atoms with van der Waals surface area (Å²) in [7, 11) is -1.82. The van der Waals surface area contributed by atoms with Crippen molar-refractivity contribution in [2.75, 3.05) is 39.9 Å². The van der Waals surface area contributed by atoms with Gasteiger partial charge in [0.1, 0.15) is 17.2 Å². The zero-order valence-corrected chi connectivity index (χ0v) is 21.8. The van der Waals surface area contributed by atoms with E-state index in [4.69, 9.17) is 14.5 Å². The number of aryl methyl sites for hydroxylation is 2. The van der Waals surface area contributed by atoms with Crippen molar-refractivity contribution in [3.8, 4) is 22.1 Å². The topological polar surface area (TPSA) is 73.2 Å². The summed E-state index contributed by atoms with van der Waals surface area (Å²) in [6.07, 6.45) is 0. The Bertz CT molecular complexity index is 1250. The number of thiazole rings is 1. The summed E-state index contributed by atoms with van der Waals surface area (Å²) in [6, 6.07) is 11.2. The van der Waals surface area contributed by atoms with Gasteiger partial charge >= 0.3 is 0 Å². The molecule has 34 heavy (non-hydrogen) atoms. The normalized spacial score (nSPS) is 15.4. The minimum atomic E-state index is -3.46. The van der Waals surface area contributed by atoms with Crippen molar-refractivity contribution in [2.45, 2.75) is 32.2 Å². The standard InChI is InChI=1S/C25H31N3O4S2/c1-5-32-23-9-7-20(15-24(23)31-4)25-26-21(17-33-25)16-27-10-12-28(13-11-27)34(29,30)22-8-6-18(2)19(3)14-22/h6-9,14-15,17H,5,10-13,16H2,1-4H3/p+1. The predicted molar refractivity (Wildman–Crippen MR) is 134 cm³/mol. The highest BCUT2D eigenvalue weighted by Crippen LogP contribution is 2.33. The molecular formula is C25H32N3O4S2+. The summed E-state index contributed by atoms with van der Waals surface area (Å²) in [5.74, 6) is 1.42. The Morgan fingerprint density at radius 1 is 1.06 bits per heavy atom. The van der Waals surface area contributed by atoms with Crippen molar-refractivity contribution in [2.24, 2.45) is 0 Å². The lowest BCUT2D eigenvalue weighted by Crippen LogP contribution is -3.13. The highest BCUT2D eigenvalue weighted by atomic mass is 32.2. The molecule has 0 unspecified atom stereocenters. The number of nitrogens with one attached hydrogen (secondary N) is 1. The van der Waals surface area contributed by atoms with Crippen LogP contribution in [0.3, 0.4) is 0 Å². The molecule has 0 atom stereocenters. The van der Waals surface area contributed by atoms with Crippen LogP contribution in [-0.4, -0.2) is 57.6 Å². The second kappa shape index (κ2) is 10.4. The van der Waals surface area contributed by atoms with Crippen molar-refractivity contribution >= 4 is 21.4 Å². The van der Waals surface area contributed by atoms with E-state index in [-0.39, 0.29) is 0 Å². The summed E-state index contributed by atoms with van der Waals surface area (Å²) >= 11 is 1.61. The van der Waals surface area contributed by atoms with Crippen molar-refractivity contribution in [3.63, 3.8) is 0 Å². The number of methoxy groups -OCH3 is 1. The number of quaternary nitrogens is 1. The number of benzene rings is 2. The number of aromatic nitrogens is 1. The van der Waals surface area contributed by atoms with E-state index in [1.807, 2.05) is 45.0 Å². The molecule has 0 saturated carbocycles. The molecule has 0 spiro atoms. The van der Waals surface area contributed by atoms with Gasteiger partial charge in [-0.25, -0.2) is 13.4 Å². The predicted octanol–water partition coefficient (Wildman–Crippen LogP) is 2.92. The van der Waals surface area contributed by atoms with E-state index in [0.717, 1.165) is 52.8 Å². The van der Waals surface area contributed by atoms with Crippen LogP contribution in [0.15, 0.2) is 46.7 Å². The molecule has 0 amide bonds. The van der Waals surface area contributed by atoms with E-state index in [9.17, 15) is 8.42 Å². The molecule has 0 bridgehead atoms. The van der Waals surface area contributed by atoms with Gasteiger partial charge in [0.05, 0.1) is 44.8 Å². The van der Waals surface area contributed by atoms with E-state index >= 15 is 0 Å². The van der Waals surface area contributed by atoms with Gasteiger partial charge in [-0.05, 0) is 62.2 Å². The van der Waals surface area contributed by atoms with Crippen LogP contribution in [0.1, 0.15) is 23.7 Å². The van der Waals surface area contributed by atoms with E-state index in [0.29, 0.717) is 30.3 Å². The first-order chi connectivity index (χ1) is 16.3. The molecule has 0 radical (unpaired) electrons. The van der Waals surface area contributed by atoms with Gasteiger partial charge in [-0.2, -0.15) is 4.31 Å². The largest absolute Gasteiger partial charge is 0.493 e. The third-order valence-corrected chi connectivity index (χ3v) is 9.07. The van der Waals surface area contributed by atoms with E-state index < -0.39 is 10.0 Å². The summed E-state index contributed by atoms with van der Waals surface area (Å²) in [5, 5.41) is 3.02. The van der Waals surface area contributed by atoms with Crippen LogP contribution in [0, 0.1) is 13.8 Å². The Morgan fingerprint density at radius 2 is 1.82 bits per heavy atom. The van der Waals surface area contributed by atoms with Crippen LogP contribution in [0.4, 0.5) is 0 Å². The lowest BCUT2D eigenvalue weighted by Gasteiger charge is -2.31. The summed E-state index contributed by atoms with van der Waals surface area (Å²) in [6.45, 7) is 9.78. The van der Waals surface area contributed by atoms with Gasteiger partial charge in [0, 0.05) is 10.9 Å². The number of sulfonamides is 1. The number of nitrogens with zero attached hydrogens (tertiary/aromatic N) is 2. The van der Waals surface area contributed by atoms with Crippen molar-refractivity contribution in [1.82, 2.24) is 9.29 Å². The van der Waals surface area contributed by atoms with Crippen LogP contribution in [0.5, 0.6) is 11.5 Å². The van der Waals surface area contributed by atoms with Gasteiger partial charge in [0.25, 0.3) is 0 Å². The molecule has 0 aliphatic carbocycles. The average Bonchev–Trinajstić information content (AvgIpc) is 3.30. The Labute approximate surface area is 206 Å². The smallest absolute Gasteiger partial charge is 0.243 e. The maximum absolute atomic E-state index is 13.1. The van der Waals surface area contributed by atoms with Crippen LogP contribution in [0.25, 0.3) is 10.6 Å².